The highest BCUT2D eigenvalue weighted by molar-refractivity contribution is 6.31. The standard InChI is InChI=1S/C19H20ClN3O2/c1-19(2)17-7-12(20)3-4-16(17)18(25)23(19)14-8-13(9-21-10-14)22-6-5-15(24)11-22/h3-4,7-10,15,24H,5-6,11H2,1-2H3/t15-/m0/s1. The van der Waals surface area contributed by atoms with Crippen LogP contribution >= 0.6 is 11.6 Å². The number of pyridine rings is 1. The molecule has 0 radical (unpaired) electrons. The number of anilines is 2. The largest absolute Gasteiger partial charge is 0.391 e. The summed E-state index contributed by atoms with van der Waals surface area (Å²) >= 11 is 6.14. The first-order valence-corrected chi connectivity index (χ1v) is 8.78. The highest BCUT2D eigenvalue weighted by Gasteiger charge is 2.44. The van der Waals surface area contributed by atoms with Gasteiger partial charge in [0, 0.05) is 23.7 Å². The molecular weight excluding hydrogens is 338 g/mol. The predicted molar refractivity (Wildman–Crippen MR) is 98.4 cm³/mol. The summed E-state index contributed by atoms with van der Waals surface area (Å²) in [5, 5.41) is 10.4. The number of benzene rings is 1. The van der Waals surface area contributed by atoms with Crippen molar-refractivity contribution < 1.29 is 9.90 Å². The lowest BCUT2D eigenvalue weighted by atomic mass is 9.93. The number of nitrogens with zero attached hydrogens (tertiary/aromatic N) is 3. The van der Waals surface area contributed by atoms with E-state index in [1.807, 2.05) is 26.0 Å². The number of aromatic nitrogens is 1. The molecule has 1 aromatic carbocycles. The van der Waals surface area contributed by atoms with Crippen molar-refractivity contribution in [3.63, 3.8) is 0 Å². The van der Waals surface area contributed by atoms with Crippen LogP contribution in [0, 0.1) is 0 Å². The number of aliphatic hydroxyl groups is 1. The highest BCUT2D eigenvalue weighted by Crippen LogP contribution is 2.43. The maximum Gasteiger partial charge on any atom is 0.259 e. The second-order valence-corrected chi connectivity index (χ2v) is 7.62. The zero-order chi connectivity index (χ0) is 17.8. The second-order valence-electron chi connectivity index (χ2n) is 7.18. The van der Waals surface area contributed by atoms with Crippen LogP contribution < -0.4 is 9.80 Å². The van der Waals surface area contributed by atoms with E-state index in [0.717, 1.165) is 29.9 Å². The van der Waals surface area contributed by atoms with Crippen LogP contribution in [0.3, 0.4) is 0 Å². The third-order valence-electron chi connectivity index (χ3n) is 5.13. The fourth-order valence-corrected chi connectivity index (χ4v) is 4.00. The van der Waals surface area contributed by atoms with Crippen LogP contribution in [0.25, 0.3) is 0 Å². The minimum absolute atomic E-state index is 0.0444. The summed E-state index contributed by atoms with van der Waals surface area (Å²) in [6, 6.07) is 7.37. The minimum Gasteiger partial charge on any atom is -0.391 e. The lowest BCUT2D eigenvalue weighted by Gasteiger charge is -2.33. The minimum atomic E-state index is -0.512. The SMILES string of the molecule is CC1(C)c2cc(Cl)ccc2C(=O)N1c1cncc(N2CC[C@H](O)C2)c1. The molecule has 0 unspecified atom stereocenters. The Bertz CT molecular complexity index is 852. The van der Waals surface area contributed by atoms with Crippen molar-refractivity contribution in [2.75, 3.05) is 22.9 Å². The first kappa shape index (κ1) is 16.4. The molecule has 2 aromatic rings. The first-order chi connectivity index (χ1) is 11.9. The van der Waals surface area contributed by atoms with Gasteiger partial charge in [0.15, 0.2) is 0 Å². The molecule has 6 heteroatoms. The number of hydrogen-bond acceptors (Lipinski definition) is 4. The third-order valence-corrected chi connectivity index (χ3v) is 5.36. The molecule has 1 aromatic heterocycles. The summed E-state index contributed by atoms with van der Waals surface area (Å²) in [5.74, 6) is -0.0444. The van der Waals surface area contributed by atoms with E-state index in [2.05, 4.69) is 9.88 Å². The van der Waals surface area contributed by atoms with Gasteiger partial charge in [-0.25, -0.2) is 0 Å². The van der Waals surface area contributed by atoms with E-state index in [9.17, 15) is 9.90 Å². The van der Waals surface area contributed by atoms with Gasteiger partial charge in [-0.1, -0.05) is 11.6 Å². The molecule has 0 aliphatic carbocycles. The Labute approximate surface area is 151 Å². The van der Waals surface area contributed by atoms with Crippen LogP contribution in [0.15, 0.2) is 36.7 Å². The molecule has 1 amide bonds. The van der Waals surface area contributed by atoms with E-state index >= 15 is 0 Å². The molecule has 4 rings (SSSR count). The van der Waals surface area contributed by atoms with Gasteiger partial charge in [0.05, 0.1) is 35.4 Å². The van der Waals surface area contributed by atoms with E-state index in [1.54, 1.807) is 29.4 Å². The average Bonchev–Trinajstić information content (AvgIpc) is 3.08. The Morgan fingerprint density at radius 3 is 2.72 bits per heavy atom. The molecule has 1 saturated heterocycles. The monoisotopic (exact) mass is 357 g/mol. The lowest BCUT2D eigenvalue weighted by molar-refractivity contribution is 0.0982. The maximum atomic E-state index is 13.0. The van der Waals surface area contributed by atoms with Crippen molar-refractivity contribution in [3.05, 3.63) is 52.8 Å². The number of fused-ring (bicyclic) bond motifs is 1. The molecule has 1 fully saturated rings. The number of amides is 1. The fourth-order valence-electron chi connectivity index (χ4n) is 3.83. The highest BCUT2D eigenvalue weighted by atomic mass is 35.5. The van der Waals surface area contributed by atoms with Gasteiger partial charge in [0.2, 0.25) is 0 Å². The van der Waals surface area contributed by atoms with Crippen molar-refractivity contribution in [2.45, 2.75) is 31.9 Å². The van der Waals surface area contributed by atoms with E-state index in [4.69, 9.17) is 11.6 Å². The van der Waals surface area contributed by atoms with Gasteiger partial charge in [-0.05, 0) is 50.1 Å². The summed E-state index contributed by atoms with van der Waals surface area (Å²) in [6.45, 7) is 5.41. The molecule has 2 aliphatic heterocycles. The maximum absolute atomic E-state index is 13.0. The topological polar surface area (TPSA) is 56.7 Å². The van der Waals surface area contributed by atoms with Crippen LogP contribution in [-0.4, -0.2) is 35.2 Å². The van der Waals surface area contributed by atoms with Gasteiger partial charge < -0.3 is 10.0 Å². The van der Waals surface area contributed by atoms with Gasteiger partial charge in [0.25, 0.3) is 5.91 Å². The molecule has 1 N–H and O–H groups in total. The zero-order valence-corrected chi connectivity index (χ0v) is 15.0. The van der Waals surface area contributed by atoms with Crippen molar-refractivity contribution in [2.24, 2.45) is 0 Å². The third kappa shape index (κ3) is 2.58. The van der Waals surface area contributed by atoms with Crippen LogP contribution in [0.1, 0.15) is 36.2 Å². The number of carbonyl (C=O) groups excluding carboxylic acids is 1. The molecule has 0 spiro atoms. The van der Waals surface area contributed by atoms with E-state index in [-0.39, 0.29) is 12.0 Å². The van der Waals surface area contributed by atoms with Gasteiger partial charge in [-0.2, -0.15) is 0 Å². The van der Waals surface area contributed by atoms with Crippen LogP contribution in [0.5, 0.6) is 0 Å². The lowest BCUT2D eigenvalue weighted by Crippen LogP contribution is -2.39. The Morgan fingerprint density at radius 1 is 1.24 bits per heavy atom. The zero-order valence-electron chi connectivity index (χ0n) is 14.2. The molecule has 3 heterocycles. The Kier molecular flexibility index (Phi) is 3.74. The number of β-amino-alcohol motifs (C(OH)–C–C–N with tert-alkyl or cyclic N) is 1. The van der Waals surface area contributed by atoms with Crippen LogP contribution in [0.4, 0.5) is 11.4 Å². The van der Waals surface area contributed by atoms with Gasteiger partial charge in [-0.15, -0.1) is 0 Å². The van der Waals surface area contributed by atoms with E-state index in [1.165, 1.54) is 0 Å². The van der Waals surface area contributed by atoms with E-state index in [0.29, 0.717) is 17.1 Å². The average molecular weight is 358 g/mol. The molecular formula is C19H20ClN3O2. The fraction of sp³-hybridized carbons (Fsp3) is 0.368. The Hall–Kier alpha value is -2.11. The number of aliphatic hydroxyl groups excluding tert-OH is 1. The number of rotatable bonds is 2. The molecule has 0 saturated carbocycles. The molecule has 2 aliphatic rings. The molecule has 0 bridgehead atoms. The normalized spacial score (nSPS) is 21.8. The molecule has 5 nitrogen and oxygen atoms in total. The van der Waals surface area contributed by atoms with Crippen LogP contribution in [0.2, 0.25) is 5.02 Å². The van der Waals surface area contributed by atoms with Gasteiger partial charge in [0.1, 0.15) is 0 Å². The summed E-state index contributed by atoms with van der Waals surface area (Å²) < 4.78 is 0. The molecule has 130 valence electrons. The second kappa shape index (κ2) is 5.71. The van der Waals surface area contributed by atoms with Gasteiger partial charge >= 0.3 is 0 Å². The molecule has 1 atom stereocenters. The summed E-state index contributed by atoms with van der Waals surface area (Å²) in [5.41, 5.74) is 2.76. The Balaban J connectivity index is 1.74. The molecule has 25 heavy (non-hydrogen) atoms. The first-order valence-electron chi connectivity index (χ1n) is 8.40. The number of halogens is 1. The summed E-state index contributed by atoms with van der Waals surface area (Å²) in [7, 11) is 0. The van der Waals surface area contributed by atoms with Crippen molar-refractivity contribution in [1.29, 1.82) is 0 Å². The predicted octanol–water partition coefficient (Wildman–Crippen LogP) is 3.20. The number of hydrogen-bond donors (Lipinski definition) is 1. The Morgan fingerprint density at radius 2 is 2.00 bits per heavy atom. The van der Waals surface area contributed by atoms with Crippen LogP contribution in [-0.2, 0) is 5.54 Å². The number of carbonyl (C=O) groups is 1. The summed E-state index contributed by atoms with van der Waals surface area (Å²) in [4.78, 5) is 21.2. The summed E-state index contributed by atoms with van der Waals surface area (Å²) in [6.07, 6.45) is 3.93. The van der Waals surface area contributed by atoms with Crippen molar-refractivity contribution >= 4 is 28.9 Å². The van der Waals surface area contributed by atoms with Gasteiger partial charge in [-0.3, -0.25) is 14.7 Å². The van der Waals surface area contributed by atoms with Crippen molar-refractivity contribution in [3.8, 4) is 0 Å². The van der Waals surface area contributed by atoms with Crippen molar-refractivity contribution in [1.82, 2.24) is 4.98 Å². The van der Waals surface area contributed by atoms with E-state index < -0.39 is 5.54 Å². The quantitative estimate of drug-likeness (QED) is 0.896. The smallest absolute Gasteiger partial charge is 0.259 e.